The van der Waals surface area contributed by atoms with Crippen LogP contribution in [0.4, 0.5) is 0 Å². The second kappa shape index (κ2) is 8.47. The van der Waals surface area contributed by atoms with Gasteiger partial charge in [-0.15, -0.1) is 0 Å². The minimum atomic E-state index is 0.409. The van der Waals surface area contributed by atoms with Gasteiger partial charge in [-0.2, -0.15) is 0 Å². The molecule has 1 aliphatic carbocycles. The molecule has 0 radical (unpaired) electrons. The van der Waals surface area contributed by atoms with Gasteiger partial charge in [0.25, 0.3) is 0 Å². The van der Waals surface area contributed by atoms with E-state index < -0.39 is 0 Å². The van der Waals surface area contributed by atoms with E-state index in [1.807, 2.05) is 0 Å². The molecule has 4 nitrogen and oxygen atoms in total. The molecule has 2 N–H and O–H groups in total. The number of hydrogen-bond acceptors (Lipinski definition) is 4. The lowest BCUT2D eigenvalue weighted by Gasteiger charge is -2.45. The molecule has 1 saturated heterocycles. The van der Waals surface area contributed by atoms with Crippen LogP contribution in [0.1, 0.15) is 39.0 Å². The van der Waals surface area contributed by atoms with Gasteiger partial charge in [0.15, 0.2) is 0 Å². The Hall–Kier alpha value is -0.160. The second-order valence-electron chi connectivity index (χ2n) is 7.38. The van der Waals surface area contributed by atoms with E-state index in [-0.39, 0.29) is 0 Å². The lowest BCUT2D eigenvalue weighted by Crippen LogP contribution is -2.57. The molecule has 21 heavy (non-hydrogen) atoms. The van der Waals surface area contributed by atoms with E-state index in [1.165, 1.54) is 71.4 Å². The Morgan fingerprint density at radius 3 is 2.43 bits per heavy atom. The van der Waals surface area contributed by atoms with Crippen molar-refractivity contribution in [2.24, 2.45) is 11.7 Å². The zero-order chi connectivity index (χ0) is 15.2. The highest BCUT2D eigenvalue weighted by atomic mass is 15.3. The van der Waals surface area contributed by atoms with Crippen LogP contribution in [-0.2, 0) is 0 Å². The van der Waals surface area contributed by atoms with Gasteiger partial charge in [0, 0.05) is 51.4 Å². The monoisotopic (exact) mass is 296 g/mol. The number of nitrogens with two attached hydrogens (primary N) is 1. The fourth-order valence-corrected chi connectivity index (χ4v) is 4.01. The van der Waals surface area contributed by atoms with Crippen molar-refractivity contribution in [1.29, 1.82) is 0 Å². The molecular formula is C17H36N4. The van der Waals surface area contributed by atoms with E-state index in [0.717, 1.165) is 5.92 Å². The number of likely N-dealkylation sites (N-methyl/N-ethyl adjacent to an activating group) is 1. The van der Waals surface area contributed by atoms with Crippen LogP contribution in [0.3, 0.4) is 0 Å². The average Bonchev–Trinajstić information content (AvgIpc) is 2.48. The summed E-state index contributed by atoms with van der Waals surface area (Å²) < 4.78 is 0. The van der Waals surface area contributed by atoms with E-state index in [9.17, 15) is 0 Å². The summed E-state index contributed by atoms with van der Waals surface area (Å²) in [6.45, 7) is 9.55. The molecule has 1 saturated carbocycles. The highest BCUT2D eigenvalue weighted by Crippen LogP contribution is 2.30. The van der Waals surface area contributed by atoms with E-state index in [2.05, 4.69) is 35.7 Å². The van der Waals surface area contributed by atoms with Gasteiger partial charge in [-0.1, -0.05) is 19.8 Å². The number of hydrogen-bond donors (Lipinski definition) is 1. The van der Waals surface area contributed by atoms with Crippen LogP contribution in [0.2, 0.25) is 0 Å². The molecule has 124 valence electrons. The average molecular weight is 297 g/mol. The molecule has 4 heteroatoms. The van der Waals surface area contributed by atoms with Crippen molar-refractivity contribution < 1.29 is 0 Å². The number of nitrogens with zero attached hydrogens (tertiary/aromatic N) is 3. The molecule has 0 aromatic heterocycles. The Morgan fingerprint density at radius 1 is 1.10 bits per heavy atom. The molecule has 1 aliphatic heterocycles. The van der Waals surface area contributed by atoms with Crippen molar-refractivity contribution in [3.05, 3.63) is 0 Å². The lowest BCUT2D eigenvalue weighted by molar-refractivity contribution is 0.0530. The van der Waals surface area contributed by atoms with Crippen LogP contribution < -0.4 is 5.73 Å². The van der Waals surface area contributed by atoms with Gasteiger partial charge >= 0.3 is 0 Å². The molecule has 1 heterocycles. The maximum Gasteiger partial charge on any atom is 0.0250 e. The Morgan fingerprint density at radius 2 is 1.81 bits per heavy atom. The molecule has 0 spiro atoms. The normalized spacial score (nSPS) is 32.7. The van der Waals surface area contributed by atoms with Crippen molar-refractivity contribution in [2.45, 2.75) is 51.1 Å². The summed E-state index contributed by atoms with van der Waals surface area (Å²) in [7, 11) is 4.32. The van der Waals surface area contributed by atoms with Crippen LogP contribution in [-0.4, -0.2) is 80.1 Å². The Balaban J connectivity index is 1.77. The van der Waals surface area contributed by atoms with Gasteiger partial charge in [0.05, 0.1) is 0 Å². The molecule has 0 amide bonds. The van der Waals surface area contributed by atoms with E-state index in [4.69, 9.17) is 5.73 Å². The molecule has 0 aromatic rings. The zero-order valence-corrected chi connectivity index (χ0v) is 14.4. The first-order valence-electron chi connectivity index (χ1n) is 8.97. The van der Waals surface area contributed by atoms with Crippen molar-refractivity contribution in [3.8, 4) is 0 Å². The predicted octanol–water partition coefficient (Wildman–Crippen LogP) is 1.46. The Labute approximate surface area is 131 Å². The first kappa shape index (κ1) is 17.2. The summed E-state index contributed by atoms with van der Waals surface area (Å²) in [6, 6.07) is 1.05. The molecule has 0 bridgehead atoms. The van der Waals surface area contributed by atoms with Crippen molar-refractivity contribution in [2.75, 3.05) is 53.4 Å². The highest BCUT2D eigenvalue weighted by Gasteiger charge is 2.33. The third kappa shape index (κ3) is 5.20. The minimum Gasteiger partial charge on any atom is -0.326 e. The summed E-state index contributed by atoms with van der Waals surface area (Å²) in [5.41, 5.74) is 6.44. The zero-order valence-electron chi connectivity index (χ0n) is 14.4. The van der Waals surface area contributed by atoms with Gasteiger partial charge in [0.2, 0.25) is 0 Å². The van der Waals surface area contributed by atoms with Gasteiger partial charge in [-0.25, -0.2) is 0 Å². The van der Waals surface area contributed by atoms with Crippen molar-refractivity contribution >= 4 is 0 Å². The smallest absolute Gasteiger partial charge is 0.0250 e. The van der Waals surface area contributed by atoms with E-state index in [1.54, 1.807) is 0 Å². The van der Waals surface area contributed by atoms with Crippen LogP contribution in [0.5, 0.6) is 0 Å². The summed E-state index contributed by atoms with van der Waals surface area (Å²) in [5.74, 6) is 0.923. The van der Waals surface area contributed by atoms with Gasteiger partial charge in [0.1, 0.15) is 0 Å². The first-order valence-corrected chi connectivity index (χ1v) is 8.97. The van der Waals surface area contributed by atoms with Crippen LogP contribution >= 0.6 is 0 Å². The van der Waals surface area contributed by atoms with Crippen molar-refractivity contribution in [3.63, 3.8) is 0 Å². The van der Waals surface area contributed by atoms with Gasteiger partial charge in [-0.05, 0) is 39.3 Å². The molecule has 3 unspecified atom stereocenters. The topological polar surface area (TPSA) is 35.7 Å². The molecular weight excluding hydrogens is 260 g/mol. The maximum atomic E-state index is 6.44. The summed E-state index contributed by atoms with van der Waals surface area (Å²) in [5, 5.41) is 0. The SMILES string of the molecule is CCCC1CCC(N)C(N2CCN(CCN(C)C)CC2)C1. The van der Waals surface area contributed by atoms with Gasteiger partial charge in [-0.3, -0.25) is 9.80 Å². The van der Waals surface area contributed by atoms with Crippen LogP contribution in [0.15, 0.2) is 0 Å². The summed E-state index contributed by atoms with van der Waals surface area (Å²) in [6.07, 6.45) is 6.65. The number of rotatable bonds is 6. The Kier molecular flexibility index (Phi) is 6.93. The lowest BCUT2D eigenvalue weighted by atomic mass is 9.79. The van der Waals surface area contributed by atoms with Crippen LogP contribution in [0.25, 0.3) is 0 Å². The third-order valence-electron chi connectivity index (χ3n) is 5.41. The van der Waals surface area contributed by atoms with E-state index >= 15 is 0 Å². The van der Waals surface area contributed by atoms with Crippen molar-refractivity contribution in [1.82, 2.24) is 14.7 Å². The summed E-state index contributed by atoms with van der Waals surface area (Å²) >= 11 is 0. The molecule has 2 aliphatic rings. The quantitative estimate of drug-likeness (QED) is 0.805. The second-order valence-corrected chi connectivity index (χ2v) is 7.38. The standard InChI is InChI=1S/C17H36N4/c1-4-5-15-6-7-16(18)17(14-15)21-12-10-20(11-13-21)9-8-19(2)3/h15-17H,4-14,18H2,1-3H3. The Bertz CT molecular complexity index is 287. The minimum absolute atomic E-state index is 0.409. The van der Waals surface area contributed by atoms with Gasteiger partial charge < -0.3 is 10.6 Å². The molecule has 2 rings (SSSR count). The van der Waals surface area contributed by atoms with E-state index in [0.29, 0.717) is 12.1 Å². The maximum absolute atomic E-state index is 6.44. The third-order valence-corrected chi connectivity index (χ3v) is 5.41. The number of piperazine rings is 1. The first-order chi connectivity index (χ1) is 10.1. The fourth-order valence-electron chi connectivity index (χ4n) is 4.01. The summed E-state index contributed by atoms with van der Waals surface area (Å²) in [4.78, 5) is 7.58. The largest absolute Gasteiger partial charge is 0.326 e. The molecule has 3 atom stereocenters. The fraction of sp³-hybridized carbons (Fsp3) is 1.00. The molecule has 0 aromatic carbocycles. The highest BCUT2D eigenvalue weighted by molar-refractivity contribution is 4.91. The predicted molar refractivity (Wildman–Crippen MR) is 90.6 cm³/mol. The molecule has 2 fully saturated rings. The van der Waals surface area contributed by atoms with Crippen LogP contribution in [0, 0.1) is 5.92 Å².